The van der Waals surface area contributed by atoms with Crippen molar-refractivity contribution in [2.45, 2.75) is 109 Å². The van der Waals surface area contributed by atoms with Crippen LogP contribution in [0.25, 0.3) is 0 Å². The number of aryl methyl sites for hydroxylation is 1. The van der Waals surface area contributed by atoms with Crippen LogP contribution in [0.5, 0.6) is 0 Å². The minimum Gasteiger partial charge on any atom is -0.458 e. The quantitative estimate of drug-likeness (QED) is 0.354. The number of carbonyl (C=O) groups is 7. The molecule has 14 nitrogen and oxygen atoms in total. The fraction of sp³-hybridized carbons (Fsp3) is 0.513. The molecule has 0 radical (unpaired) electrons. The van der Waals surface area contributed by atoms with Crippen molar-refractivity contribution in [2.75, 3.05) is 20.1 Å². The van der Waals surface area contributed by atoms with E-state index in [-0.39, 0.29) is 44.3 Å². The van der Waals surface area contributed by atoms with Crippen molar-refractivity contribution >= 4 is 41.4 Å². The number of hydrogen-bond acceptors (Lipinski definition) is 8. The summed E-state index contributed by atoms with van der Waals surface area (Å²) in [6.07, 6.45) is -0.479. The summed E-state index contributed by atoms with van der Waals surface area (Å²) in [6.45, 7) is 6.57. The predicted octanol–water partition coefficient (Wildman–Crippen LogP) is 1.31. The van der Waals surface area contributed by atoms with Crippen LogP contribution >= 0.6 is 0 Å². The molecule has 0 unspecified atom stereocenters. The molecule has 0 saturated carbocycles. The van der Waals surface area contributed by atoms with Crippen LogP contribution in [0, 0.1) is 18.6 Å². The lowest BCUT2D eigenvalue weighted by atomic mass is 10.0. The molecule has 3 aliphatic heterocycles. The van der Waals surface area contributed by atoms with Gasteiger partial charge in [0.25, 0.3) is 0 Å². The third-order valence-electron chi connectivity index (χ3n) is 10.5. The minimum absolute atomic E-state index is 0.0451. The second kappa shape index (κ2) is 17.4. The lowest BCUT2D eigenvalue weighted by Gasteiger charge is -2.36. The number of hydrogen-bond donors (Lipinski definition) is 3. The summed E-state index contributed by atoms with van der Waals surface area (Å²) in [5.41, 5.74) is 1.66. The molecule has 3 saturated heterocycles. The monoisotopic (exact) mass is 766 g/mol. The van der Waals surface area contributed by atoms with Gasteiger partial charge in [-0.15, -0.1) is 0 Å². The van der Waals surface area contributed by atoms with Gasteiger partial charge in [0.1, 0.15) is 54.0 Å². The van der Waals surface area contributed by atoms with E-state index >= 15 is 0 Å². The Morgan fingerprint density at radius 2 is 1.45 bits per heavy atom. The molecule has 16 heteroatoms. The lowest BCUT2D eigenvalue weighted by Crippen LogP contribution is -2.62. The Hall–Kier alpha value is -5.41. The van der Waals surface area contributed by atoms with Crippen LogP contribution in [0.1, 0.15) is 63.1 Å². The van der Waals surface area contributed by atoms with E-state index in [0.717, 1.165) is 17.7 Å². The van der Waals surface area contributed by atoms with Crippen LogP contribution in [0.2, 0.25) is 0 Å². The van der Waals surface area contributed by atoms with Crippen LogP contribution in [-0.4, -0.2) is 119 Å². The Bertz CT molecular complexity index is 1810. The predicted molar refractivity (Wildman–Crippen MR) is 194 cm³/mol. The zero-order valence-electron chi connectivity index (χ0n) is 31.6. The topological polar surface area (TPSA) is 175 Å². The average molecular weight is 767 g/mol. The number of likely N-dealkylation sites (N-methyl/N-ethyl adjacent to an activating group) is 1. The number of rotatable bonds is 7. The van der Waals surface area contributed by atoms with Crippen molar-refractivity contribution in [3.63, 3.8) is 0 Å². The van der Waals surface area contributed by atoms with E-state index in [1.807, 2.05) is 19.1 Å². The fourth-order valence-corrected chi connectivity index (χ4v) is 7.26. The highest BCUT2D eigenvalue weighted by molar-refractivity contribution is 5.97. The number of benzene rings is 2. The zero-order valence-corrected chi connectivity index (χ0v) is 31.6. The average Bonchev–Trinajstić information content (AvgIpc) is 3.83. The van der Waals surface area contributed by atoms with E-state index in [0.29, 0.717) is 24.5 Å². The van der Waals surface area contributed by atoms with E-state index < -0.39 is 95.4 Å². The van der Waals surface area contributed by atoms with E-state index in [1.54, 1.807) is 12.1 Å². The van der Waals surface area contributed by atoms with Gasteiger partial charge < -0.3 is 35.4 Å². The molecule has 0 aliphatic carbocycles. The first-order valence-electron chi connectivity index (χ1n) is 18.5. The van der Waals surface area contributed by atoms with E-state index in [9.17, 15) is 42.3 Å². The first-order chi connectivity index (χ1) is 26.0. The molecule has 2 aromatic carbocycles. The molecule has 296 valence electrons. The van der Waals surface area contributed by atoms with Crippen molar-refractivity contribution < 1.29 is 47.1 Å². The van der Waals surface area contributed by atoms with Crippen molar-refractivity contribution in [1.29, 1.82) is 0 Å². The molecule has 55 heavy (non-hydrogen) atoms. The van der Waals surface area contributed by atoms with Gasteiger partial charge in [-0.25, -0.2) is 13.6 Å². The number of nitrogens with one attached hydrogen (secondary N) is 3. The standard InChI is InChI=1S/C39H48F2N6O8/c1-21-10-12-25(13-11-21)19-32(48)43-29(18-26-16-27(40)20-28(41)17-26)35(50)44-33-24(4)55-39(54)31-9-7-15-47(31)36(51)22(2)42-34(49)23(3)45(5)37(52)30-8-6-14-46(30)38(33)53/h10-13,16-17,20,22-24,29-31,33H,6-9,14-15,18-19H2,1-5H3,(H,42,49)(H,43,48)(H,44,50)/t22-,23-,24-,29-,30-,31-,33-/m0/s1. The van der Waals surface area contributed by atoms with Crippen LogP contribution in [0.4, 0.5) is 8.78 Å². The van der Waals surface area contributed by atoms with Gasteiger partial charge in [0, 0.05) is 32.6 Å². The van der Waals surface area contributed by atoms with E-state index in [1.165, 1.54) is 42.5 Å². The highest BCUT2D eigenvalue weighted by Gasteiger charge is 2.45. The molecular formula is C39H48F2N6O8. The van der Waals surface area contributed by atoms with Gasteiger partial charge >= 0.3 is 5.97 Å². The number of ether oxygens (including phenoxy) is 1. The number of amides is 6. The van der Waals surface area contributed by atoms with Crippen LogP contribution in [-0.2, 0) is 51.1 Å². The van der Waals surface area contributed by atoms with Gasteiger partial charge in [-0.1, -0.05) is 29.8 Å². The first-order valence-corrected chi connectivity index (χ1v) is 18.5. The minimum atomic E-state index is -1.60. The number of cyclic esters (lactones) is 1. The number of nitrogens with zero attached hydrogens (tertiary/aromatic N) is 3. The van der Waals surface area contributed by atoms with Crippen molar-refractivity contribution in [1.82, 2.24) is 30.7 Å². The number of carbonyl (C=O) groups excluding carboxylic acids is 7. The van der Waals surface area contributed by atoms with Gasteiger partial charge in [0.2, 0.25) is 35.4 Å². The van der Waals surface area contributed by atoms with Crippen molar-refractivity contribution in [2.24, 2.45) is 0 Å². The molecule has 2 aromatic rings. The van der Waals surface area contributed by atoms with Crippen molar-refractivity contribution in [3.8, 4) is 0 Å². The molecule has 0 bridgehead atoms. The summed E-state index contributed by atoms with van der Waals surface area (Å²) in [5, 5.41) is 7.88. The summed E-state index contributed by atoms with van der Waals surface area (Å²) < 4.78 is 34.3. The molecule has 0 spiro atoms. The normalized spacial score (nSPS) is 25.9. The third kappa shape index (κ3) is 9.64. The summed E-state index contributed by atoms with van der Waals surface area (Å²) in [7, 11) is 1.42. The number of halogens is 2. The Labute approximate surface area is 318 Å². The Kier molecular flexibility index (Phi) is 12.9. The lowest BCUT2D eigenvalue weighted by molar-refractivity contribution is -0.162. The molecular weight excluding hydrogens is 718 g/mol. The Balaban J connectivity index is 1.48. The molecule has 5 rings (SSSR count). The number of fused-ring (bicyclic) bond motifs is 2. The summed E-state index contributed by atoms with van der Waals surface area (Å²) in [5.74, 6) is -6.60. The van der Waals surface area contributed by atoms with Crippen LogP contribution in [0.15, 0.2) is 42.5 Å². The van der Waals surface area contributed by atoms with Crippen LogP contribution in [0.3, 0.4) is 0 Å². The van der Waals surface area contributed by atoms with Gasteiger partial charge in [0.05, 0.1) is 6.42 Å². The first kappa shape index (κ1) is 40.8. The molecule has 0 aromatic heterocycles. The smallest absolute Gasteiger partial charge is 0.329 e. The molecule has 7 atom stereocenters. The van der Waals surface area contributed by atoms with E-state index in [4.69, 9.17) is 4.74 Å². The van der Waals surface area contributed by atoms with E-state index in [2.05, 4.69) is 16.0 Å². The zero-order chi connectivity index (χ0) is 40.1. The largest absolute Gasteiger partial charge is 0.458 e. The maximum Gasteiger partial charge on any atom is 0.329 e. The highest BCUT2D eigenvalue weighted by Crippen LogP contribution is 2.25. The van der Waals surface area contributed by atoms with Gasteiger partial charge in [0.15, 0.2) is 0 Å². The Morgan fingerprint density at radius 1 is 0.855 bits per heavy atom. The number of esters is 1. The second-order valence-electron chi connectivity index (χ2n) is 14.6. The fourth-order valence-electron chi connectivity index (χ4n) is 7.26. The second-order valence-corrected chi connectivity index (χ2v) is 14.6. The highest BCUT2D eigenvalue weighted by atomic mass is 19.1. The van der Waals surface area contributed by atoms with Gasteiger partial charge in [-0.2, -0.15) is 0 Å². The summed E-state index contributed by atoms with van der Waals surface area (Å²) in [6, 6.07) is 2.65. The molecule has 3 fully saturated rings. The summed E-state index contributed by atoms with van der Waals surface area (Å²) in [4.78, 5) is 99.9. The van der Waals surface area contributed by atoms with Gasteiger partial charge in [-0.3, -0.25) is 28.8 Å². The maximum atomic E-state index is 14.5. The third-order valence-corrected chi connectivity index (χ3v) is 10.5. The SMILES string of the molecule is Cc1ccc(CC(=O)N[C@@H](Cc2cc(F)cc(F)c2)C(=O)N[C@@H]2C(=O)N3CCC[C@H]3C(=O)N(C)[C@@H](C)C(=O)N[C@@H](C)C(=O)N3CCC[C@H]3C(=O)O[C@H]2C)cc1. The summed E-state index contributed by atoms with van der Waals surface area (Å²) >= 11 is 0. The maximum absolute atomic E-state index is 14.5. The molecule has 6 amide bonds. The van der Waals surface area contributed by atoms with Crippen molar-refractivity contribution in [3.05, 3.63) is 70.8 Å². The van der Waals surface area contributed by atoms with Gasteiger partial charge in [-0.05, 0) is 76.6 Å². The van der Waals surface area contributed by atoms with Crippen LogP contribution < -0.4 is 16.0 Å². The molecule has 3 heterocycles. The molecule has 3 N–H and O–H groups in total. The molecule has 3 aliphatic rings. The Morgan fingerprint density at radius 3 is 2.09 bits per heavy atom.